The second-order valence-corrected chi connectivity index (χ2v) is 10.9. The van der Waals surface area contributed by atoms with Crippen molar-refractivity contribution in [1.29, 1.82) is 0 Å². The van der Waals surface area contributed by atoms with Crippen LogP contribution in [0.3, 0.4) is 0 Å². The normalized spacial score (nSPS) is 15.0. The number of carbonyl (C=O) groups excluding carboxylic acids is 2. The molecule has 1 aliphatic rings. The van der Waals surface area contributed by atoms with E-state index in [1.54, 1.807) is 16.2 Å². The maximum Gasteiger partial charge on any atom is 0.242 e. The molecule has 6 heteroatoms. The zero-order valence-corrected chi connectivity index (χ0v) is 22.3. The van der Waals surface area contributed by atoms with Crippen molar-refractivity contribution in [2.75, 3.05) is 26.2 Å². The molecule has 36 heavy (non-hydrogen) atoms. The summed E-state index contributed by atoms with van der Waals surface area (Å²) in [4.78, 5) is 31.9. The fraction of sp³-hybridized carbons (Fsp3) is 0.400. The van der Waals surface area contributed by atoms with Crippen molar-refractivity contribution in [1.82, 2.24) is 9.80 Å². The first kappa shape index (κ1) is 26.0. The van der Waals surface area contributed by atoms with Gasteiger partial charge in [0.1, 0.15) is 12.4 Å². The van der Waals surface area contributed by atoms with E-state index in [4.69, 9.17) is 4.74 Å². The summed E-state index contributed by atoms with van der Waals surface area (Å²) in [5, 5.41) is 2.09. The molecule has 1 atom stereocenters. The molecule has 1 aromatic heterocycles. The van der Waals surface area contributed by atoms with E-state index in [1.807, 2.05) is 66.4 Å². The summed E-state index contributed by atoms with van der Waals surface area (Å²) in [6.07, 6.45) is 2.01. The van der Waals surface area contributed by atoms with Gasteiger partial charge in [-0.3, -0.25) is 9.59 Å². The molecule has 0 saturated carbocycles. The molecule has 2 amide bonds. The molecular weight excluding hydrogens is 468 g/mol. The number of thiophene rings is 1. The number of hydrogen-bond acceptors (Lipinski definition) is 4. The fourth-order valence-electron chi connectivity index (χ4n) is 4.53. The minimum atomic E-state index is -0.162. The summed E-state index contributed by atoms with van der Waals surface area (Å²) in [5.74, 6) is 1.23. The standard InChI is InChI=1S/C30H36N2O3S/c1-22(2)13-16-31(29(33)19-24-7-5-4-6-8-24)20-30(34)32-17-14-28-26(15-18-36-28)27(32)21-35-25-11-9-23(3)10-12-25/h4-12,15,18,22,27H,13-14,16-17,19-21H2,1-3H3/t27-/m1/s1. The molecule has 0 fully saturated rings. The van der Waals surface area contributed by atoms with Crippen molar-refractivity contribution < 1.29 is 14.3 Å². The molecule has 1 aliphatic heterocycles. The van der Waals surface area contributed by atoms with Crippen LogP contribution in [0.2, 0.25) is 0 Å². The minimum Gasteiger partial charge on any atom is -0.491 e. The number of amides is 2. The van der Waals surface area contributed by atoms with Gasteiger partial charge in [-0.2, -0.15) is 0 Å². The maximum absolute atomic E-state index is 13.7. The highest BCUT2D eigenvalue weighted by Gasteiger charge is 2.33. The van der Waals surface area contributed by atoms with E-state index in [-0.39, 0.29) is 24.4 Å². The predicted molar refractivity (Wildman–Crippen MR) is 145 cm³/mol. The van der Waals surface area contributed by atoms with Crippen molar-refractivity contribution in [3.63, 3.8) is 0 Å². The second-order valence-electron chi connectivity index (χ2n) is 9.94. The Morgan fingerprint density at radius 1 is 1.08 bits per heavy atom. The molecule has 2 aromatic carbocycles. The molecule has 0 radical (unpaired) electrons. The fourth-order valence-corrected chi connectivity index (χ4v) is 5.45. The van der Waals surface area contributed by atoms with Gasteiger partial charge in [0.2, 0.25) is 11.8 Å². The van der Waals surface area contributed by atoms with Crippen LogP contribution in [0, 0.1) is 12.8 Å². The van der Waals surface area contributed by atoms with Crippen molar-refractivity contribution in [3.8, 4) is 5.75 Å². The summed E-state index contributed by atoms with van der Waals surface area (Å²) < 4.78 is 6.15. The van der Waals surface area contributed by atoms with Crippen LogP contribution in [0.1, 0.15) is 47.9 Å². The van der Waals surface area contributed by atoms with Crippen molar-refractivity contribution >= 4 is 23.2 Å². The number of carbonyl (C=O) groups is 2. The van der Waals surface area contributed by atoms with E-state index in [0.717, 1.165) is 29.7 Å². The lowest BCUT2D eigenvalue weighted by molar-refractivity contribution is -0.142. The van der Waals surface area contributed by atoms with Gasteiger partial charge in [0.05, 0.1) is 19.0 Å². The van der Waals surface area contributed by atoms with Gasteiger partial charge in [-0.05, 0) is 60.4 Å². The third-order valence-electron chi connectivity index (χ3n) is 6.70. The van der Waals surface area contributed by atoms with Crippen LogP contribution in [0.15, 0.2) is 66.0 Å². The first-order chi connectivity index (χ1) is 17.4. The third-order valence-corrected chi connectivity index (χ3v) is 7.69. The number of fused-ring (bicyclic) bond motifs is 1. The average molecular weight is 505 g/mol. The Morgan fingerprint density at radius 2 is 1.83 bits per heavy atom. The summed E-state index contributed by atoms with van der Waals surface area (Å²) in [7, 11) is 0. The van der Waals surface area contributed by atoms with E-state index in [1.165, 1.54) is 10.4 Å². The first-order valence-electron chi connectivity index (χ1n) is 12.8. The highest BCUT2D eigenvalue weighted by molar-refractivity contribution is 7.10. The van der Waals surface area contributed by atoms with Crippen LogP contribution in [0.25, 0.3) is 0 Å². The zero-order valence-electron chi connectivity index (χ0n) is 21.5. The number of rotatable bonds is 10. The van der Waals surface area contributed by atoms with Gasteiger partial charge in [0.15, 0.2) is 0 Å². The summed E-state index contributed by atoms with van der Waals surface area (Å²) >= 11 is 1.74. The maximum atomic E-state index is 13.7. The summed E-state index contributed by atoms with van der Waals surface area (Å²) in [6, 6.07) is 19.7. The van der Waals surface area contributed by atoms with E-state index >= 15 is 0 Å². The molecule has 0 bridgehead atoms. The largest absolute Gasteiger partial charge is 0.491 e. The highest BCUT2D eigenvalue weighted by atomic mass is 32.1. The molecule has 0 saturated heterocycles. The van der Waals surface area contributed by atoms with E-state index < -0.39 is 0 Å². The van der Waals surface area contributed by atoms with Crippen LogP contribution in [-0.2, 0) is 22.4 Å². The first-order valence-corrected chi connectivity index (χ1v) is 13.7. The second kappa shape index (κ2) is 12.2. The molecule has 2 heterocycles. The van der Waals surface area contributed by atoms with Gasteiger partial charge in [-0.1, -0.05) is 61.9 Å². The molecule has 4 rings (SSSR count). The third kappa shape index (κ3) is 6.76. The lowest BCUT2D eigenvalue weighted by atomic mass is 10.00. The van der Waals surface area contributed by atoms with Crippen LogP contribution in [0.5, 0.6) is 5.75 Å². The number of nitrogens with zero attached hydrogens (tertiary/aromatic N) is 2. The zero-order chi connectivity index (χ0) is 25.5. The smallest absolute Gasteiger partial charge is 0.242 e. The summed E-state index contributed by atoms with van der Waals surface area (Å²) in [5.41, 5.74) is 3.31. The van der Waals surface area contributed by atoms with Gasteiger partial charge in [0, 0.05) is 18.0 Å². The molecule has 190 valence electrons. The van der Waals surface area contributed by atoms with Crippen LogP contribution in [0.4, 0.5) is 0 Å². The Labute approximate surface area is 218 Å². The highest BCUT2D eigenvalue weighted by Crippen LogP contribution is 2.34. The summed E-state index contributed by atoms with van der Waals surface area (Å²) in [6.45, 7) is 8.04. The van der Waals surface area contributed by atoms with Gasteiger partial charge in [-0.25, -0.2) is 0 Å². The van der Waals surface area contributed by atoms with Crippen molar-refractivity contribution in [3.05, 3.63) is 87.6 Å². The number of ether oxygens (including phenoxy) is 1. The number of benzene rings is 2. The predicted octanol–water partition coefficient (Wildman–Crippen LogP) is 5.68. The van der Waals surface area contributed by atoms with E-state index in [2.05, 4.69) is 25.3 Å². The Bertz CT molecular complexity index is 1140. The lowest BCUT2D eigenvalue weighted by Crippen LogP contribution is -2.48. The molecule has 3 aromatic rings. The topological polar surface area (TPSA) is 49.9 Å². The molecular formula is C30H36N2O3S. The minimum absolute atomic E-state index is 0.00381. The Hall–Kier alpha value is -3.12. The monoisotopic (exact) mass is 504 g/mol. The Morgan fingerprint density at radius 3 is 2.56 bits per heavy atom. The van der Waals surface area contributed by atoms with E-state index in [9.17, 15) is 9.59 Å². The van der Waals surface area contributed by atoms with Crippen LogP contribution >= 0.6 is 11.3 Å². The quantitative estimate of drug-likeness (QED) is 0.357. The number of hydrogen-bond donors (Lipinski definition) is 0. The molecule has 0 unspecified atom stereocenters. The van der Waals surface area contributed by atoms with Gasteiger partial charge in [0.25, 0.3) is 0 Å². The van der Waals surface area contributed by atoms with Crippen LogP contribution in [-0.4, -0.2) is 47.9 Å². The Balaban J connectivity index is 1.49. The SMILES string of the molecule is Cc1ccc(OC[C@@H]2c3ccsc3CCN2C(=O)CN(CCC(C)C)C(=O)Cc2ccccc2)cc1. The van der Waals surface area contributed by atoms with Crippen LogP contribution < -0.4 is 4.74 Å². The number of aryl methyl sites for hydroxylation is 1. The molecule has 5 nitrogen and oxygen atoms in total. The van der Waals surface area contributed by atoms with Gasteiger partial charge < -0.3 is 14.5 Å². The molecule has 0 aliphatic carbocycles. The van der Waals surface area contributed by atoms with Gasteiger partial charge >= 0.3 is 0 Å². The van der Waals surface area contributed by atoms with E-state index in [0.29, 0.717) is 32.0 Å². The molecule has 0 N–H and O–H groups in total. The Kier molecular flexibility index (Phi) is 8.81. The van der Waals surface area contributed by atoms with Crippen molar-refractivity contribution in [2.24, 2.45) is 5.92 Å². The van der Waals surface area contributed by atoms with Gasteiger partial charge in [-0.15, -0.1) is 11.3 Å². The van der Waals surface area contributed by atoms with Crippen molar-refractivity contribution in [2.45, 2.75) is 46.1 Å². The lowest BCUT2D eigenvalue weighted by Gasteiger charge is -2.37. The average Bonchev–Trinajstić information content (AvgIpc) is 3.35. The molecule has 0 spiro atoms.